The van der Waals surface area contributed by atoms with Crippen LogP contribution in [0, 0.1) is 6.92 Å². The van der Waals surface area contributed by atoms with E-state index in [-0.39, 0.29) is 5.91 Å². The summed E-state index contributed by atoms with van der Waals surface area (Å²) in [5.41, 5.74) is 2.46. The number of aryl methyl sites for hydroxylation is 1. The molecule has 4 nitrogen and oxygen atoms in total. The third kappa shape index (κ3) is 1.66. The van der Waals surface area contributed by atoms with Crippen molar-refractivity contribution >= 4 is 11.6 Å². The lowest BCUT2D eigenvalue weighted by atomic mass is 10.2. The van der Waals surface area contributed by atoms with E-state index in [9.17, 15) is 4.79 Å². The van der Waals surface area contributed by atoms with Crippen molar-refractivity contribution in [3.05, 3.63) is 35.8 Å². The summed E-state index contributed by atoms with van der Waals surface area (Å²) in [6.07, 6.45) is 6.03. The molecule has 4 heteroatoms. The lowest BCUT2D eigenvalue weighted by Gasteiger charge is -2.03. The fourth-order valence-corrected chi connectivity index (χ4v) is 1.75. The Bertz CT molecular complexity index is 554. The van der Waals surface area contributed by atoms with Crippen molar-refractivity contribution in [1.29, 1.82) is 0 Å². The molecule has 1 aliphatic rings. The van der Waals surface area contributed by atoms with Gasteiger partial charge in [-0.25, -0.2) is 4.98 Å². The third-order valence-corrected chi connectivity index (χ3v) is 2.76. The number of carbonyl (C=O) groups is 1. The predicted molar refractivity (Wildman–Crippen MR) is 60.4 cm³/mol. The van der Waals surface area contributed by atoms with Gasteiger partial charge in [0.15, 0.2) is 0 Å². The molecule has 3 rings (SSSR count). The molecule has 0 unspecified atom stereocenters. The zero-order valence-electron chi connectivity index (χ0n) is 9.10. The molecule has 0 spiro atoms. The number of pyridine rings is 1. The van der Waals surface area contributed by atoms with Crippen LogP contribution in [-0.2, 0) is 0 Å². The van der Waals surface area contributed by atoms with Crippen molar-refractivity contribution in [3.63, 3.8) is 0 Å². The van der Waals surface area contributed by atoms with Crippen LogP contribution in [0.2, 0.25) is 0 Å². The second-order valence-corrected chi connectivity index (χ2v) is 4.31. The monoisotopic (exact) mass is 215 g/mol. The average molecular weight is 215 g/mol. The number of amides is 1. The zero-order valence-corrected chi connectivity index (χ0v) is 9.10. The Morgan fingerprint density at radius 2 is 2.38 bits per heavy atom. The molecule has 2 heterocycles. The number of hydrogen-bond donors (Lipinski definition) is 1. The van der Waals surface area contributed by atoms with Crippen LogP contribution in [0.4, 0.5) is 0 Å². The Morgan fingerprint density at radius 3 is 3.12 bits per heavy atom. The number of rotatable bonds is 2. The van der Waals surface area contributed by atoms with Crippen molar-refractivity contribution in [2.45, 2.75) is 25.8 Å². The van der Waals surface area contributed by atoms with Gasteiger partial charge >= 0.3 is 0 Å². The smallest absolute Gasteiger partial charge is 0.251 e. The lowest BCUT2D eigenvalue weighted by Crippen LogP contribution is -2.25. The molecule has 1 aliphatic carbocycles. The topological polar surface area (TPSA) is 46.4 Å². The number of nitrogens with zero attached hydrogens (tertiary/aromatic N) is 2. The van der Waals surface area contributed by atoms with Crippen LogP contribution in [0.5, 0.6) is 0 Å². The summed E-state index contributed by atoms with van der Waals surface area (Å²) in [5.74, 6) is 0.00523. The number of hydrogen-bond acceptors (Lipinski definition) is 2. The second kappa shape index (κ2) is 3.33. The van der Waals surface area contributed by atoms with Crippen molar-refractivity contribution < 1.29 is 4.79 Å². The highest BCUT2D eigenvalue weighted by Crippen LogP contribution is 2.19. The summed E-state index contributed by atoms with van der Waals surface area (Å²) < 4.78 is 1.92. The van der Waals surface area contributed by atoms with Crippen LogP contribution in [0.1, 0.15) is 28.9 Å². The summed E-state index contributed by atoms with van der Waals surface area (Å²) >= 11 is 0. The van der Waals surface area contributed by atoms with Gasteiger partial charge in [0.05, 0.1) is 5.69 Å². The molecule has 82 valence electrons. The van der Waals surface area contributed by atoms with Crippen molar-refractivity contribution in [2.75, 3.05) is 0 Å². The van der Waals surface area contributed by atoms with Crippen LogP contribution in [0.25, 0.3) is 5.65 Å². The Kier molecular flexibility index (Phi) is 1.96. The number of carbonyl (C=O) groups excluding carboxylic acids is 1. The highest BCUT2D eigenvalue weighted by molar-refractivity contribution is 5.95. The minimum absolute atomic E-state index is 0.00523. The molecule has 2 aromatic heterocycles. The fourth-order valence-electron chi connectivity index (χ4n) is 1.75. The van der Waals surface area contributed by atoms with E-state index in [1.165, 1.54) is 0 Å². The number of nitrogens with one attached hydrogen (secondary N) is 1. The first kappa shape index (κ1) is 9.39. The van der Waals surface area contributed by atoms with E-state index in [1.807, 2.05) is 35.9 Å². The summed E-state index contributed by atoms with van der Waals surface area (Å²) in [7, 11) is 0. The summed E-state index contributed by atoms with van der Waals surface area (Å²) in [5, 5.41) is 2.97. The van der Waals surface area contributed by atoms with Gasteiger partial charge in [0.25, 0.3) is 5.91 Å². The fraction of sp³-hybridized carbons (Fsp3) is 0.333. The van der Waals surface area contributed by atoms with Gasteiger partial charge in [-0.05, 0) is 31.9 Å². The molecule has 0 atom stereocenters. The highest BCUT2D eigenvalue weighted by Gasteiger charge is 2.23. The van der Waals surface area contributed by atoms with Gasteiger partial charge in [0, 0.05) is 24.0 Å². The van der Waals surface area contributed by atoms with Crippen LogP contribution >= 0.6 is 0 Å². The molecule has 0 saturated heterocycles. The SMILES string of the molecule is Cc1cn2ccc(C(=O)NC3CC3)cc2n1. The minimum Gasteiger partial charge on any atom is -0.349 e. The number of imidazole rings is 1. The maximum atomic E-state index is 11.8. The van der Waals surface area contributed by atoms with Crippen LogP contribution in [0.15, 0.2) is 24.5 Å². The van der Waals surface area contributed by atoms with Gasteiger partial charge < -0.3 is 9.72 Å². The molecule has 0 radical (unpaired) electrons. The number of aromatic nitrogens is 2. The third-order valence-electron chi connectivity index (χ3n) is 2.76. The largest absolute Gasteiger partial charge is 0.349 e. The van der Waals surface area contributed by atoms with Crippen LogP contribution < -0.4 is 5.32 Å². The van der Waals surface area contributed by atoms with Gasteiger partial charge in [0.2, 0.25) is 0 Å². The molecule has 16 heavy (non-hydrogen) atoms. The first-order valence-electron chi connectivity index (χ1n) is 5.48. The van der Waals surface area contributed by atoms with E-state index < -0.39 is 0 Å². The van der Waals surface area contributed by atoms with Gasteiger partial charge in [0.1, 0.15) is 5.65 Å². The van der Waals surface area contributed by atoms with Crippen LogP contribution in [0.3, 0.4) is 0 Å². The molecule has 0 bridgehead atoms. The Labute approximate surface area is 93.3 Å². The highest BCUT2D eigenvalue weighted by atomic mass is 16.1. The number of fused-ring (bicyclic) bond motifs is 1. The molecular formula is C12H13N3O. The van der Waals surface area contributed by atoms with Crippen molar-refractivity contribution in [1.82, 2.24) is 14.7 Å². The second-order valence-electron chi connectivity index (χ2n) is 4.31. The van der Waals surface area contributed by atoms with Gasteiger partial charge in [-0.1, -0.05) is 0 Å². The molecule has 1 N–H and O–H groups in total. The van der Waals surface area contributed by atoms with E-state index in [1.54, 1.807) is 0 Å². The molecule has 0 aliphatic heterocycles. The van der Waals surface area contributed by atoms with E-state index in [0.29, 0.717) is 11.6 Å². The minimum atomic E-state index is 0.00523. The lowest BCUT2D eigenvalue weighted by molar-refractivity contribution is 0.0951. The van der Waals surface area contributed by atoms with Gasteiger partial charge in [-0.2, -0.15) is 0 Å². The Balaban J connectivity index is 1.93. The predicted octanol–water partition coefficient (Wildman–Crippen LogP) is 1.53. The standard InChI is InChI=1S/C12H13N3O/c1-8-7-15-5-4-9(6-11(15)13-8)12(16)14-10-2-3-10/h4-7,10H,2-3H2,1H3,(H,14,16). The quantitative estimate of drug-likeness (QED) is 0.825. The van der Waals surface area contributed by atoms with E-state index in [4.69, 9.17) is 0 Å². The maximum Gasteiger partial charge on any atom is 0.251 e. The Hall–Kier alpha value is -1.84. The van der Waals surface area contributed by atoms with E-state index in [0.717, 1.165) is 24.2 Å². The van der Waals surface area contributed by atoms with Crippen LogP contribution in [-0.4, -0.2) is 21.3 Å². The zero-order chi connectivity index (χ0) is 11.1. The molecule has 0 aromatic carbocycles. The first-order chi connectivity index (χ1) is 7.72. The molecule has 1 fully saturated rings. The normalized spacial score (nSPS) is 15.3. The average Bonchev–Trinajstić information content (AvgIpc) is 2.96. The van der Waals surface area contributed by atoms with E-state index >= 15 is 0 Å². The van der Waals surface area contributed by atoms with E-state index in [2.05, 4.69) is 10.3 Å². The summed E-state index contributed by atoms with van der Waals surface area (Å²) in [6, 6.07) is 4.04. The first-order valence-corrected chi connectivity index (χ1v) is 5.48. The summed E-state index contributed by atoms with van der Waals surface area (Å²) in [4.78, 5) is 16.1. The molecular weight excluding hydrogens is 202 g/mol. The molecule has 2 aromatic rings. The molecule has 1 amide bonds. The van der Waals surface area contributed by atoms with Gasteiger partial charge in [-0.15, -0.1) is 0 Å². The van der Waals surface area contributed by atoms with Crippen molar-refractivity contribution in [3.8, 4) is 0 Å². The summed E-state index contributed by atoms with van der Waals surface area (Å²) in [6.45, 7) is 1.94. The molecule has 1 saturated carbocycles. The Morgan fingerprint density at radius 1 is 1.56 bits per heavy atom. The van der Waals surface area contributed by atoms with Crippen molar-refractivity contribution in [2.24, 2.45) is 0 Å². The van der Waals surface area contributed by atoms with Gasteiger partial charge in [-0.3, -0.25) is 4.79 Å². The maximum absolute atomic E-state index is 11.8.